The summed E-state index contributed by atoms with van der Waals surface area (Å²) >= 11 is 0. The van der Waals surface area contributed by atoms with E-state index < -0.39 is 0 Å². The number of rotatable bonds is 3. The average molecular weight is 367 g/mol. The Morgan fingerprint density at radius 1 is 0.926 bits per heavy atom. The van der Waals surface area contributed by atoms with Gasteiger partial charge in [0.05, 0.1) is 12.0 Å². The molecule has 0 N–H and O–H groups in total. The third-order valence-electron chi connectivity index (χ3n) is 5.62. The molecule has 5 nitrogen and oxygen atoms in total. The number of hydrogen-bond acceptors (Lipinski definition) is 2. The summed E-state index contributed by atoms with van der Waals surface area (Å²) in [4.78, 5) is 29.4. The number of carbonyl (C=O) groups is 2. The quantitative estimate of drug-likeness (QED) is 0.837. The van der Waals surface area contributed by atoms with Gasteiger partial charge in [0.1, 0.15) is 0 Å². The van der Waals surface area contributed by atoms with Crippen molar-refractivity contribution in [1.29, 1.82) is 0 Å². The van der Waals surface area contributed by atoms with Gasteiger partial charge in [-0.2, -0.15) is 0 Å². The molecule has 2 aromatic rings. The monoisotopic (exact) mass is 367 g/mol. The largest absolute Gasteiger partial charge is 0.351 e. The molecule has 0 aliphatic carbocycles. The van der Waals surface area contributed by atoms with E-state index in [1.165, 1.54) is 5.56 Å². The van der Waals surface area contributed by atoms with Crippen LogP contribution in [0, 0.1) is 20.8 Å². The molecule has 27 heavy (non-hydrogen) atoms. The lowest BCUT2D eigenvalue weighted by Gasteiger charge is -2.22. The van der Waals surface area contributed by atoms with Crippen LogP contribution in [0.3, 0.4) is 0 Å². The standard InChI is InChI=1S/C22H29N3O2/c1-16-6-8-19(9-7-16)15-21(26)24-10-5-11-25(13-12-24)22(27)20-14-17(2)23(4)18(20)3/h6-9,14H,5,10-13,15H2,1-4H3. The van der Waals surface area contributed by atoms with E-state index in [-0.39, 0.29) is 11.8 Å². The van der Waals surface area contributed by atoms with Gasteiger partial charge in [0.15, 0.2) is 0 Å². The molecule has 1 saturated heterocycles. The van der Waals surface area contributed by atoms with Crippen molar-refractivity contribution in [1.82, 2.24) is 14.4 Å². The zero-order valence-electron chi connectivity index (χ0n) is 16.8. The first-order valence-electron chi connectivity index (χ1n) is 9.62. The third-order valence-corrected chi connectivity index (χ3v) is 5.62. The molecule has 1 aromatic carbocycles. The molecule has 5 heteroatoms. The lowest BCUT2D eigenvalue weighted by atomic mass is 10.1. The van der Waals surface area contributed by atoms with E-state index >= 15 is 0 Å². The molecule has 1 aromatic heterocycles. The third kappa shape index (κ3) is 4.24. The zero-order valence-corrected chi connectivity index (χ0v) is 16.8. The molecule has 2 heterocycles. The molecule has 0 spiro atoms. The Hall–Kier alpha value is -2.56. The van der Waals surface area contributed by atoms with Crippen LogP contribution >= 0.6 is 0 Å². The first-order chi connectivity index (χ1) is 12.9. The van der Waals surface area contributed by atoms with E-state index in [0.29, 0.717) is 32.6 Å². The van der Waals surface area contributed by atoms with Crippen molar-refractivity contribution in [2.24, 2.45) is 7.05 Å². The van der Waals surface area contributed by atoms with Crippen LogP contribution in [0.4, 0.5) is 0 Å². The summed E-state index contributed by atoms with van der Waals surface area (Å²) in [5, 5.41) is 0. The maximum Gasteiger partial charge on any atom is 0.255 e. The molecule has 0 atom stereocenters. The first kappa shape index (κ1) is 19.2. The van der Waals surface area contributed by atoms with Gasteiger partial charge in [-0.05, 0) is 38.8 Å². The van der Waals surface area contributed by atoms with Gasteiger partial charge >= 0.3 is 0 Å². The number of aryl methyl sites for hydroxylation is 2. The Bertz CT molecular complexity index is 836. The SMILES string of the molecule is Cc1ccc(CC(=O)N2CCCN(C(=O)c3cc(C)n(C)c3C)CC2)cc1. The van der Waals surface area contributed by atoms with Crippen molar-refractivity contribution in [2.45, 2.75) is 33.6 Å². The Balaban J connectivity index is 1.62. The number of nitrogens with zero attached hydrogens (tertiary/aromatic N) is 3. The van der Waals surface area contributed by atoms with E-state index in [1.54, 1.807) is 0 Å². The highest BCUT2D eigenvalue weighted by Gasteiger charge is 2.25. The summed E-state index contributed by atoms with van der Waals surface area (Å²) in [5.41, 5.74) is 5.09. The normalized spacial score (nSPS) is 15.0. The second kappa shape index (κ2) is 7.99. The molecule has 1 fully saturated rings. The Morgan fingerprint density at radius 2 is 1.56 bits per heavy atom. The summed E-state index contributed by atoms with van der Waals surface area (Å²) in [6, 6.07) is 10.1. The average Bonchev–Trinajstić information content (AvgIpc) is 2.85. The maximum absolute atomic E-state index is 12.9. The summed E-state index contributed by atoms with van der Waals surface area (Å²) in [6.45, 7) is 8.63. The Kier molecular flexibility index (Phi) is 5.68. The highest BCUT2D eigenvalue weighted by atomic mass is 16.2. The summed E-state index contributed by atoms with van der Waals surface area (Å²) in [7, 11) is 1.98. The number of amides is 2. The second-order valence-corrected chi connectivity index (χ2v) is 7.53. The number of hydrogen-bond donors (Lipinski definition) is 0. The molecular formula is C22H29N3O2. The van der Waals surface area contributed by atoms with Gasteiger partial charge in [0, 0.05) is 44.6 Å². The number of benzene rings is 1. The lowest BCUT2D eigenvalue weighted by Crippen LogP contribution is -2.38. The lowest BCUT2D eigenvalue weighted by molar-refractivity contribution is -0.130. The van der Waals surface area contributed by atoms with Crippen molar-refractivity contribution in [2.75, 3.05) is 26.2 Å². The van der Waals surface area contributed by atoms with Gasteiger partial charge in [-0.25, -0.2) is 0 Å². The Morgan fingerprint density at radius 3 is 2.19 bits per heavy atom. The number of carbonyl (C=O) groups excluding carboxylic acids is 2. The van der Waals surface area contributed by atoms with Gasteiger partial charge < -0.3 is 14.4 Å². The fourth-order valence-electron chi connectivity index (χ4n) is 3.60. The molecule has 1 aliphatic heterocycles. The van der Waals surface area contributed by atoms with Crippen molar-refractivity contribution in [3.63, 3.8) is 0 Å². The minimum atomic E-state index is 0.0732. The maximum atomic E-state index is 12.9. The fraction of sp³-hybridized carbons (Fsp3) is 0.455. The molecular weight excluding hydrogens is 338 g/mol. The van der Waals surface area contributed by atoms with Crippen molar-refractivity contribution >= 4 is 11.8 Å². The van der Waals surface area contributed by atoms with Crippen molar-refractivity contribution < 1.29 is 9.59 Å². The minimum absolute atomic E-state index is 0.0732. The summed E-state index contributed by atoms with van der Waals surface area (Å²) in [5.74, 6) is 0.212. The van der Waals surface area contributed by atoms with E-state index in [4.69, 9.17) is 0 Å². The van der Waals surface area contributed by atoms with Crippen LogP contribution in [0.5, 0.6) is 0 Å². The van der Waals surface area contributed by atoms with E-state index in [9.17, 15) is 9.59 Å². The molecule has 0 radical (unpaired) electrons. The van der Waals surface area contributed by atoms with Crippen molar-refractivity contribution in [3.05, 3.63) is 58.4 Å². The molecule has 0 bridgehead atoms. The predicted molar refractivity (Wildman–Crippen MR) is 107 cm³/mol. The number of aromatic nitrogens is 1. The van der Waals surface area contributed by atoms with Gasteiger partial charge in [0.25, 0.3) is 5.91 Å². The fourth-order valence-corrected chi connectivity index (χ4v) is 3.60. The molecule has 3 rings (SSSR count). The molecule has 0 saturated carbocycles. The van der Waals surface area contributed by atoms with Crippen LogP contribution in [0.15, 0.2) is 30.3 Å². The zero-order chi connectivity index (χ0) is 19.6. The van der Waals surface area contributed by atoms with E-state index in [1.807, 2.05) is 72.5 Å². The highest BCUT2D eigenvalue weighted by Crippen LogP contribution is 2.17. The minimum Gasteiger partial charge on any atom is -0.351 e. The highest BCUT2D eigenvalue weighted by molar-refractivity contribution is 5.95. The topological polar surface area (TPSA) is 45.6 Å². The smallest absolute Gasteiger partial charge is 0.255 e. The summed E-state index contributed by atoms with van der Waals surface area (Å²) in [6.07, 6.45) is 1.24. The predicted octanol–water partition coefficient (Wildman–Crippen LogP) is 2.87. The van der Waals surface area contributed by atoms with Gasteiger partial charge in [-0.15, -0.1) is 0 Å². The van der Waals surface area contributed by atoms with Crippen LogP contribution in [-0.2, 0) is 18.3 Å². The molecule has 1 aliphatic rings. The van der Waals surface area contributed by atoms with Crippen molar-refractivity contribution in [3.8, 4) is 0 Å². The van der Waals surface area contributed by atoms with Gasteiger partial charge in [-0.3, -0.25) is 9.59 Å². The molecule has 144 valence electrons. The second-order valence-electron chi connectivity index (χ2n) is 7.53. The van der Waals surface area contributed by atoms with E-state index in [0.717, 1.165) is 28.9 Å². The Labute approximate surface area is 161 Å². The van der Waals surface area contributed by atoms with Crippen LogP contribution in [-0.4, -0.2) is 52.4 Å². The molecule has 0 unspecified atom stereocenters. The first-order valence-corrected chi connectivity index (χ1v) is 9.62. The van der Waals surface area contributed by atoms with Gasteiger partial charge in [-0.1, -0.05) is 29.8 Å². The molecule has 2 amide bonds. The van der Waals surface area contributed by atoms with Gasteiger partial charge in [0.2, 0.25) is 5.91 Å². The summed E-state index contributed by atoms with van der Waals surface area (Å²) < 4.78 is 2.04. The van der Waals surface area contributed by atoms with Crippen LogP contribution < -0.4 is 0 Å². The van der Waals surface area contributed by atoms with Crippen LogP contribution in [0.25, 0.3) is 0 Å². The van der Waals surface area contributed by atoms with Crippen LogP contribution in [0.2, 0.25) is 0 Å². The van der Waals surface area contributed by atoms with E-state index in [2.05, 4.69) is 0 Å². The van der Waals surface area contributed by atoms with Crippen LogP contribution in [0.1, 0.15) is 39.3 Å².